The summed E-state index contributed by atoms with van der Waals surface area (Å²) in [6.07, 6.45) is 9.00. The Morgan fingerprint density at radius 3 is 0.944 bits per heavy atom. The number of rotatable bonds is 10. The maximum atomic E-state index is 12.9. The van der Waals surface area contributed by atoms with E-state index in [0.717, 1.165) is 111 Å². The predicted molar refractivity (Wildman–Crippen MR) is 441 cm³/mol. The molecule has 13 aromatic rings. The van der Waals surface area contributed by atoms with Crippen molar-refractivity contribution < 1.29 is 52.3 Å². The van der Waals surface area contributed by atoms with Crippen molar-refractivity contribution >= 4 is 22.1 Å². The molecule has 108 heavy (non-hydrogen) atoms. The van der Waals surface area contributed by atoms with E-state index in [1.165, 1.54) is 22.3 Å². The number of phenols is 2. The molecule has 0 unspecified atom stereocenters. The van der Waals surface area contributed by atoms with Crippen LogP contribution in [-0.2, 0) is 85.5 Å². The maximum Gasteiger partial charge on any atom is 0.148 e. The van der Waals surface area contributed by atoms with E-state index in [-0.39, 0.29) is 96.9 Å². The molecular formula is C96H104N8O2Pt2-2. The molecule has 10 nitrogen and oxygen atoms in total. The molecule has 12 heteroatoms. The summed E-state index contributed by atoms with van der Waals surface area (Å²) in [6, 6.07) is 61.9. The third-order valence-electron chi connectivity index (χ3n) is 20.8. The van der Waals surface area contributed by atoms with E-state index in [1.54, 1.807) is 18.7 Å². The summed E-state index contributed by atoms with van der Waals surface area (Å²) in [5.41, 5.74) is 23.0. The number of hydrogen-bond acceptors (Lipinski definition) is 8. The summed E-state index contributed by atoms with van der Waals surface area (Å²) in [5.74, 6) is 1.71. The fourth-order valence-corrected chi connectivity index (χ4v) is 14.1. The number of nitrogens with zero attached hydrogens (tertiary/aromatic N) is 8. The van der Waals surface area contributed by atoms with Gasteiger partial charge in [0, 0.05) is 101 Å². The Morgan fingerprint density at radius 1 is 0.315 bits per heavy atom. The quantitative estimate of drug-likeness (QED) is 0.130. The Balaban J connectivity index is 0.00000580. The van der Waals surface area contributed by atoms with Crippen molar-refractivity contribution in [2.24, 2.45) is 0 Å². The average Bonchev–Trinajstić information content (AvgIpc) is 1.56. The Hall–Kier alpha value is -8.94. The Labute approximate surface area is 670 Å². The Bertz CT molecular complexity index is 5170. The first-order valence-electron chi connectivity index (χ1n) is 37.3. The molecule has 0 amide bonds. The average molecular weight is 1790 g/mol. The van der Waals surface area contributed by atoms with E-state index in [4.69, 9.17) is 19.9 Å². The minimum Gasteiger partial charge on any atom is -0.507 e. The van der Waals surface area contributed by atoms with Crippen LogP contribution in [-0.4, -0.2) is 49.3 Å². The molecule has 0 fully saturated rings. The monoisotopic (exact) mass is 1790 g/mol. The molecule has 5 heterocycles. The molecule has 562 valence electrons. The van der Waals surface area contributed by atoms with Crippen LogP contribution in [0.3, 0.4) is 0 Å². The van der Waals surface area contributed by atoms with Gasteiger partial charge in [-0.3, -0.25) is 29.1 Å². The summed E-state index contributed by atoms with van der Waals surface area (Å²) in [5, 5.41) is 25.7. The van der Waals surface area contributed by atoms with Crippen LogP contribution in [0.25, 0.3) is 123 Å². The smallest absolute Gasteiger partial charge is 0.148 e. The van der Waals surface area contributed by atoms with Crippen molar-refractivity contribution in [3.63, 3.8) is 0 Å². The number of imidazole rings is 2. The van der Waals surface area contributed by atoms with Gasteiger partial charge in [-0.25, -0.2) is 9.97 Å². The molecule has 8 aromatic carbocycles. The molecular weight excluding hydrogens is 1690 g/mol. The van der Waals surface area contributed by atoms with E-state index in [2.05, 4.69) is 331 Å². The van der Waals surface area contributed by atoms with Gasteiger partial charge < -0.3 is 10.2 Å². The van der Waals surface area contributed by atoms with Crippen molar-refractivity contribution in [1.29, 1.82) is 0 Å². The molecule has 0 saturated carbocycles. The number of para-hydroxylation sites is 2. The molecule has 13 rings (SSSR count). The minimum absolute atomic E-state index is 0. The molecule has 0 aliphatic heterocycles. The third-order valence-corrected chi connectivity index (χ3v) is 20.8. The molecule has 0 radical (unpaired) electrons. The van der Waals surface area contributed by atoms with Crippen LogP contribution >= 0.6 is 0 Å². The van der Waals surface area contributed by atoms with E-state index in [1.807, 2.05) is 30.6 Å². The summed E-state index contributed by atoms with van der Waals surface area (Å²) in [7, 11) is 0. The first-order valence-corrected chi connectivity index (χ1v) is 37.3. The van der Waals surface area contributed by atoms with Crippen LogP contribution in [0.15, 0.2) is 183 Å². The SMILES string of the molecule is CC(C)(C)c1cc(-n2c(-c3cc(C(C)(C)C)cc(C(C)(C)C)c3O)nc3c(-c4[c-]c(-c5cc(-c6[c-]c(-c7cccc8c7nc(-c7cc(C(C)(C)C)cc(C(C)(C)C)c7O)n8-c7cc(C(C)(C)C)cc(C(C)(C)C)c7)cc(-c7cccnc7)c6)ncn5)cc(-c5cccnc5)c4)cccc32)cc(C(C)(C)C)c1.[Pt].[Pt]. The first kappa shape index (κ1) is 80.1. The zero-order valence-electron chi connectivity index (χ0n) is 67.4. The number of benzene rings is 8. The van der Waals surface area contributed by atoms with Crippen molar-refractivity contribution in [1.82, 2.24) is 39.0 Å². The molecule has 0 spiro atoms. The zero-order valence-corrected chi connectivity index (χ0v) is 72.0. The minimum atomic E-state index is -0.389. The summed E-state index contributed by atoms with van der Waals surface area (Å²) in [4.78, 5) is 31.0. The van der Waals surface area contributed by atoms with Gasteiger partial charge in [-0.15, -0.1) is 47.5 Å². The van der Waals surface area contributed by atoms with Crippen molar-refractivity contribution in [2.45, 2.75) is 209 Å². The van der Waals surface area contributed by atoms with E-state index >= 15 is 0 Å². The number of aromatic nitrogens is 8. The molecule has 0 atom stereocenters. The number of phenolic OH excluding ortho intramolecular Hbond substituents is 2. The van der Waals surface area contributed by atoms with Gasteiger partial charge in [0.2, 0.25) is 0 Å². The van der Waals surface area contributed by atoms with Gasteiger partial charge in [0.05, 0.1) is 39.5 Å². The van der Waals surface area contributed by atoms with Crippen molar-refractivity contribution in [3.05, 3.63) is 239 Å². The van der Waals surface area contributed by atoms with Gasteiger partial charge in [-0.05, 0) is 148 Å². The van der Waals surface area contributed by atoms with Crippen LogP contribution in [0.2, 0.25) is 0 Å². The zero-order chi connectivity index (χ0) is 76.5. The van der Waals surface area contributed by atoms with Crippen LogP contribution in [0.4, 0.5) is 0 Å². The molecule has 0 aliphatic rings. The second-order valence-electron chi connectivity index (χ2n) is 37.4. The van der Waals surface area contributed by atoms with Gasteiger partial charge in [-0.1, -0.05) is 266 Å². The fourth-order valence-electron chi connectivity index (χ4n) is 14.1. The Kier molecular flexibility index (Phi) is 21.4. The molecule has 0 bridgehead atoms. The standard InChI is InChI=1S/C96H104N8O2.2Pt/c1-89(2,3)65-43-66(90(4,5)6)46-71(45-65)103-81-33-25-31-73(83(81)101-87(103)75-49-69(93(13,14)15)51-77(85(75)105)95(19,20)21)61-37-59(57-29-27-35-97-54-57)39-63(41-61)79-53-80(100-56-99-79)64-40-60(58-30-28-36-98-55-58)38-62(42-64)74-32-26-34-82-84(74)102-88(76-50-70(94(16,17)18)52-78(86(76)106)96(22,23)24)104(82)72-47-67(91(7,8)9)44-68(48-72)92(10,11)12;;/h25-40,43-56,105-106H,1-24H3;;/q-2;;. The van der Waals surface area contributed by atoms with Crippen LogP contribution in [0.5, 0.6) is 11.5 Å². The van der Waals surface area contributed by atoms with Gasteiger partial charge in [0.1, 0.15) is 23.1 Å². The van der Waals surface area contributed by atoms with Gasteiger partial charge in [0.25, 0.3) is 0 Å². The van der Waals surface area contributed by atoms with E-state index < -0.39 is 0 Å². The van der Waals surface area contributed by atoms with Crippen LogP contribution < -0.4 is 0 Å². The van der Waals surface area contributed by atoms with Crippen molar-refractivity contribution in [2.75, 3.05) is 0 Å². The molecule has 0 aliphatic carbocycles. The van der Waals surface area contributed by atoms with E-state index in [9.17, 15) is 10.2 Å². The van der Waals surface area contributed by atoms with Crippen LogP contribution in [0, 0.1) is 12.1 Å². The predicted octanol–water partition coefficient (Wildman–Crippen LogP) is 24.7. The maximum absolute atomic E-state index is 12.9. The fraction of sp³-hybridized carbons (Fsp3) is 0.333. The van der Waals surface area contributed by atoms with Crippen molar-refractivity contribution in [3.8, 4) is 113 Å². The molecule has 5 aromatic heterocycles. The second-order valence-corrected chi connectivity index (χ2v) is 37.4. The first-order chi connectivity index (χ1) is 49.4. The number of hydrogen-bond donors (Lipinski definition) is 2. The summed E-state index contributed by atoms with van der Waals surface area (Å²) >= 11 is 0. The van der Waals surface area contributed by atoms with Crippen LogP contribution in [0.1, 0.15) is 211 Å². The largest absolute Gasteiger partial charge is 0.507 e. The van der Waals surface area contributed by atoms with Gasteiger partial charge in [-0.2, -0.15) is 0 Å². The van der Waals surface area contributed by atoms with Gasteiger partial charge in [0.15, 0.2) is 0 Å². The number of aromatic hydroxyl groups is 2. The summed E-state index contributed by atoms with van der Waals surface area (Å²) < 4.78 is 4.53. The molecule has 2 N–H and O–H groups in total. The Morgan fingerprint density at radius 2 is 0.639 bits per heavy atom. The second kappa shape index (κ2) is 28.8. The topological polar surface area (TPSA) is 128 Å². The third kappa shape index (κ3) is 15.9. The summed E-state index contributed by atoms with van der Waals surface area (Å²) in [6.45, 7) is 53.5. The van der Waals surface area contributed by atoms with Gasteiger partial charge >= 0.3 is 0 Å². The molecule has 0 saturated heterocycles. The van der Waals surface area contributed by atoms with E-state index in [0.29, 0.717) is 34.2 Å². The normalized spacial score (nSPS) is 12.7. The number of fused-ring (bicyclic) bond motifs is 2. The number of pyridine rings is 2.